The number of benzene rings is 2. The number of carboxylic acids is 1. The van der Waals surface area contributed by atoms with E-state index in [1.807, 2.05) is 0 Å². The van der Waals surface area contributed by atoms with E-state index in [2.05, 4.69) is 16.0 Å². The van der Waals surface area contributed by atoms with Crippen LogP contribution in [0.5, 0.6) is 0 Å². The first-order valence-electron chi connectivity index (χ1n) is 12.1. The first kappa shape index (κ1) is 27.3. The molecule has 0 aliphatic carbocycles. The number of carbonyl (C=O) groups excluding carboxylic acids is 3. The largest absolute Gasteiger partial charge is 0.491 e. The second-order valence-corrected chi connectivity index (χ2v) is 9.07. The van der Waals surface area contributed by atoms with Gasteiger partial charge >= 0.3 is 20.2 Å². The molecule has 0 fully saturated rings. The van der Waals surface area contributed by atoms with Crippen molar-refractivity contribution in [2.24, 2.45) is 0 Å². The molecule has 6 N–H and O–H groups in total. The molecule has 0 aromatic heterocycles. The van der Waals surface area contributed by atoms with Gasteiger partial charge in [-0.25, -0.2) is 0 Å². The van der Waals surface area contributed by atoms with Crippen molar-refractivity contribution < 1.29 is 43.6 Å². The highest BCUT2D eigenvalue weighted by atomic mass is 16.5. The Hall–Kier alpha value is -3.71. The van der Waals surface area contributed by atoms with Gasteiger partial charge in [-0.05, 0) is 52.7 Å². The Morgan fingerprint density at radius 1 is 0.842 bits per heavy atom. The van der Waals surface area contributed by atoms with Crippen LogP contribution in [0.1, 0.15) is 51.1 Å². The van der Waals surface area contributed by atoms with Crippen molar-refractivity contribution in [3.63, 3.8) is 0 Å². The molecule has 1 atom stereocenters. The third-order valence-corrected chi connectivity index (χ3v) is 6.37. The van der Waals surface area contributed by atoms with Crippen LogP contribution in [0.3, 0.4) is 0 Å². The predicted molar refractivity (Wildman–Crippen MR) is 136 cm³/mol. The summed E-state index contributed by atoms with van der Waals surface area (Å²) in [6.45, 7) is 0.484. The molecule has 1 unspecified atom stereocenters. The molecule has 2 aliphatic rings. The van der Waals surface area contributed by atoms with Gasteiger partial charge in [0.05, 0.1) is 19.6 Å². The number of carboxylic acid groups (broad SMARTS) is 1. The van der Waals surface area contributed by atoms with Crippen LogP contribution in [0.2, 0.25) is 0 Å². The van der Waals surface area contributed by atoms with E-state index in [1.54, 1.807) is 30.3 Å². The predicted octanol–water partition coefficient (Wildman–Crippen LogP) is -1.98. The van der Waals surface area contributed by atoms with Gasteiger partial charge in [-0.2, -0.15) is 0 Å². The fourth-order valence-electron chi connectivity index (χ4n) is 4.23. The van der Waals surface area contributed by atoms with Crippen molar-refractivity contribution in [1.29, 1.82) is 0 Å². The summed E-state index contributed by atoms with van der Waals surface area (Å²) in [5.74, 6) is -2.32. The third kappa shape index (κ3) is 6.78. The topological polar surface area (TPSA) is 184 Å². The van der Waals surface area contributed by atoms with E-state index in [0.717, 1.165) is 11.1 Å². The molecule has 2 aromatic rings. The number of hydrogen-bond acceptors (Lipinski definition) is 8. The van der Waals surface area contributed by atoms with Gasteiger partial charge in [0.15, 0.2) is 0 Å². The van der Waals surface area contributed by atoms with Crippen molar-refractivity contribution >= 4 is 48.9 Å². The van der Waals surface area contributed by atoms with Crippen molar-refractivity contribution in [2.75, 3.05) is 13.1 Å². The van der Waals surface area contributed by atoms with Crippen LogP contribution in [0.25, 0.3) is 0 Å². The summed E-state index contributed by atoms with van der Waals surface area (Å²) >= 11 is 0. The van der Waals surface area contributed by atoms with Crippen LogP contribution >= 0.6 is 0 Å². The van der Waals surface area contributed by atoms with E-state index in [4.69, 9.17) is 14.4 Å². The Balaban J connectivity index is 1.40. The smallest absolute Gasteiger partial charge is 0.481 e. The van der Waals surface area contributed by atoms with E-state index in [0.29, 0.717) is 16.5 Å². The summed E-state index contributed by atoms with van der Waals surface area (Å²) in [6, 6.07) is 9.04. The molecule has 2 heterocycles. The average molecular weight is 523 g/mol. The summed E-state index contributed by atoms with van der Waals surface area (Å²) in [5, 5.41) is 36.6. The van der Waals surface area contributed by atoms with Gasteiger partial charge in [-0.15, -0.1) is 0 Å². The SMILES string of the molecule is O=C(O)CCNC(=O)CCC(CNC(=O)c1ccc2c(c1)B(O)OC2)NC(=O)c1ccc2c(c1)B(O)OC2. The number of amides is 3. The Morgan fingerprint density at radius 3 is 2.00 bits per heavy atom. The van der Waals surface area contributed by atoms with Gasteiger partial charge < -0.3 is 40.4 Å². The van der Waals surface area contributed by atoms with Gasteiger partial charge in [0.1, 0.15) is 0 Å². The number of carbonyl (C=O) groups is 4. The molecular formula is C24H27B2N3O9. The fourth-order valence-corrected chi connectivity index (χ4v) is 4.23. The molecule has 12 nitrogen and oxygen atoms in total. The van der Waals surface area contributed by atoms with Crippen LogP contribution in [0.15, 0.2) is 36.4 Å². The number of hydrogen-bond donors (Lipinski definition) is 6. The highest BCUT2D eigenvalue weighted by Gasteiger charge is 2.29. The van der Waals surface area contributed by atoms with Crippen LogP contribution in [0.4, 0.5) is 0 Å². The second-order valence-electron chi connectivity index (χ2n) is 9.07. The van der Waals surface area contributed by atoms with Gasteiger partial charge in [0.25, 0.3) is 11.8 Å². The van der Waals surface area contributed by atoms with E-state index in [1.165, 1.54) is 6.07 Å². The summed E-state index contributed by atoms with van der Waals surface area (Å²) < 4.78 is 10.3. The lowest BCUT2D eigenvalue weighted by molar-refractivity contribution is -0.136. The van der Waals surface area contributed by atoms with Gasteiger partial charge in [0, 0.05) is 36.7 Å². The number of rotatable bonds is 11. The van der Waals surface area contributed by atoms with Gasteiger partial charge in [-0.3, -0.25) is 19.2 Å². The molecule has 4 rings (SSSR count). The van der Waals surface area contributed by atoms with Gasteiger partial charge in [0.2, 0.25) is 5.91 Å². The maximum absolute atomic E-state index is 13.0. The molecule has 14 heteroatoms. The van der Waals surface area contributed by atoms with Crippen molar-refractivity contribution in [2.45, 2.75) is 38.5 Å². The molecule has 0 saturated heterocycles. The second kappa shape index (κ2) is 12.2. The lowest BCUT2D eigenvalue weighted by Crippen LogP contribution is -2.45. The highest BCUT2D eigenvalue weighted by molar-refractivity contribution is 6.62. The quantitative estimate of drug-likeness (QED) is 0.182. The number of aliphatic carboxylic acids is 1. The molecule has 0 bridgehead atoms. The standard InChI is InChI=1S/C24H27B2N3O9/c30-21(27-8-7-22(31)32)6-5-18(29-24(34)15-2-4-17-13-38-26(36)20(17)10-15)11-28-23(33)14-1-3-16-12-37-25(35)19(16)9-14/h1-4,9-10,18,35-36H,5-8,11-13H2,(H,27,30)(H,28,33)(H,29,34)(H,31,32). The highest BCUT2D eigenvalue weighted by Crippen LogP contribution is 2.13. The van der Waals surface area contributed by atoms with Crippen LogP contribution < -0.4 is 26.9 Å². The summed E-state index contributed by atoms with van der Waals surface area (Å²) in [6.07, 6.45) is -0.0612. The van der Waals surface area contributed by atoms with Crippen molar-refractivity contribution in [1.82, 2.24) is 16.0 Å². The molecule has 0 spiro atoms. The first-order valence-corrected chi connectivity index (χ1v) is 12.1. The van der Waals surface area contributed by atoms with Crippen LogP contribution in [-0.4, -0.2) is 72.2 Å². The Kier molecular flexibility index (Phi) is 8.79. The van der Waals surface area contributed by atoms with Gasteiger partial charge in [-0.1, -0.05) is 12.1 Å². The van der Waals surface area contributed by atoms with Crippen LogP contribution in [-0.2, 0) is 32.1 Å². The summed E-state index contributed by atoms with van der Waals surface area (Å²) in [4.78, 5) is 48.6. The Bertz CT molecular complexity index is 1240. The Morgan fingerprint density at radius 2 is 1.42 bits per heavy atom. The zero-order valence-electron chi connectivity index (χ0n) is 20.4. The summed E-state index contributed by atoms with van der Waals surface area (Å²) in [7, 11) is -2.21. The fraction of sp³-hybridized carbons (Fsp3) is 0.333. The molecule has 38 heavy (non-hydrogen) atoms. The lowest BCUT2D eigenvalue weighted by atomic mass is 9.78. The zero-order valence-corrected chi connectivity index (χ0v) is 20.4. The van der Waals surface area contributed by atoms with E-state index < -0.39 is 38.1 Å². The molecule has 0 radical (unpaired) electrons. The van der Waals surface area contributed by atoms with E-state index in [9.17, 15) is 29.2 Å². The van der Waals surface area contributed by atoms with E-state index >= 15 is 0 Å². The van der Waals surface area contributed by atoms with Crippen molar-refractivity contribution in [3.05, 3.63) is 58.7 Å². The van der Waals surface area contributed by atoms with Crippen LogP contribution in [0, 0.1) is 0 Å². The minimum Gasteiger partial charge on any atom is -0.481 e. The minimum absolute atomic E-state index is 0.000204. The number of fused-ring (bicyclic) bond motifs is 2. The van der Waals surface area contributed by atoms with E-state index in [-0.39, 0.29) is 57.0 Å². The normalized spacial score (nSPS) is 14.5. The Labute approximate surface area is 219 Å². The summed E-state index contributed by atoms with van der Waals surface area (Å²) in [5.41, 5.74) is 3.17. The van der Waals surface area contributed by atoms with Crippen molar-refractivity contribution in [3.8, 4) is 0 Å². The molecular weight excluding hydrogens is 496 g/mol. The monoisotopic (exact) mass is 523 g/mol. The maximum atomic E-state index is 13.0. The molecule has 2 aromatic carbocycles. The average Bonchev–Trinajstić information content (AvgIpc) is 3.46. The molecule has 198 valence electrons. The minimum atomic E-state index is -1.11. The lowest BCUT2D eigenvalue weighted by Gasteiger charge is -2.20. The molecule has 0 saturated carbocycles. The first-order chi connectivity index (χ1) is 18.2. The maximum Gasteiger partial charge on any atom is 0.491 e. The molecule has 3 amide bonds. The number of nitrogens with one attached hydrogen (secondary N) is 3. The molecule has 2 aliphatic heterocycles. The third-order valence-electron chi connectivity index (χ3n) is 6.37. The zero-order chi connectivity index (χ0) is 27.2.